The quantitative estimate of drug-likeness (QED) is 0.713. The van der Waals surface area contributed by atoms with Crippen LogP contribution in [-0.2, 0) is 4.79 Å². The van der Waals surface area contributed by atoms with Crippen LogP contribution in [0.1, 0.15) is 51.4 Å². The number of thioether (sulfide) groups is 1. The first kappa shape index (κ1) is 10.5. The summed E-state index contributed by atoms with van der Waals surface area (Å²) in [7, 11) is 0. The molecule has 2 rings (SSSR count). The second kappa shape index (κ2) is 5.20. The average molecular weight is 212 g/mol. The lowest BCUT2D eigenvalue weighted by Crippen LogP contribution is -2.22. The highest BCUT2D eigenvalue weighted by Gasteiger charge is 2.25. The van der Waals surface area contributed by atoms with Crippen molar-refractivity contribution in [3.05, 3.63) is 0 Å². The van der Waals surface area contributed by atoms with Gasteiger partial charge in [0.2, 0.25) is 0 Å². The van der Waals surface area contributed by atoms with Crippen molar-refractivity contribution in [2.75, 3.05) is 5.75 Å². The molecule has 1 unspecified atom stereocenters. The fraction of sp³-hybridized carbons (Fsp3) is 0.917. The molecule has 1 nitrogen and oxygen atoms in total. The molecule has 1 aliphatic heterocycles. The summed E-state index contributed by atoms with van der Waals surface area (Å²) in [6.45, 7) is 0. The van der Waals surface area contributed by atoms with Gasteiger partial charge in [0, 0.05) is 6.42 Å². The highest BCUT2D eigenvalue weighted by molar-refractivity contribution is 8.00. The van der Waals surface area contributed by atoms with Crippen LogP contribution >= 0.6 is 11.8 Å². The Labute approximate surface area is 91.0 Å². The van der Waals surface area contributed by atoms with E-state index >= 15 is 0 Å². The topological polar surface area (TPSA) is 17.1 Å². The summed E-state index contributed by atoms with van der Waals surface area (Å²) in [4.78, 5) is 11.9. The van der Waals surface area contributed by atoms with Crippen LogP contribution in [0.3, 0.4) is 0 Å². The summed E-state index contributed by atoms with van der Waals surface area (Å²) in [5.41, 5.74) is 0. The van der Waals surface area contributed by atoms with E-state index in [4.69, 9.17) is 0 Å². The van der Waals surface area contributed by atoms with E-state index in [1.54, 1.807) is 0 Å². The zero-order valence-corrected chi connectivity index (χ0v) is 9.65. The van der Waals surface area contributed by atoms with Gasteiger partial charge in [-0.1, -0.05) is 32.1 Å². The average Bonchev–Trinajstić information content (AvgIpc) is 2.72. The van der Waals surface area contributed by atoms with E-state index in [1.165, 1.54) is 44.3 Å². The van der Waals surface area contributed by atoms with E-state index in [9.17, 15) is 4.79 Å². The predicted octanol–water partition coefficient (Wildman–Crippen LogP) is 3.42. The molecule has 1 saturated carbocycles. The molecular weight excluding hydrogens is 192 g/mol. The van der Waals surface area contributed by atoms with Gasteiger partial charge in [-0.3, -0.25) is 4.79 Å². The number of carbonyl (C=O) groups is 1. The third kappa shape index (κ3) is 2.75. The number of hydrogen-bond acceptors (Lipinski definition) is 2. The van der Waals surface area contributed by atoms with Crippen molar-refractivity contribution in [2.45, 2.75) is 56.6 Å². The van der Waals surface area contributed by atoms with Gasteiger partial charge >= 0.3 is 0 Å². The minimum Gasteiger partial charge on any atom is -0.298 e. The fourth-order valence-corrected chi connectivity index (χ4v) is 3.90. The molecule has 0 aromatic carbocycles. The molecule has 0 spiro atoms. The molecule has 2 fully saturated rings. The lowest BCUT2D eigenvalue weighted by atomic mass is 9.97. The number of Topliss-reactive ketones (excluding diaryl/α,β-unsaturated/α-hetero) is 1. The summed E-state index contributed by atoms with van der Waals surface area (Å²) in [6, 6.07) is 0. The Bertz CT molecular complexity index is 190. The summed E-state index contributed by atoms with van der Waals surface area (Å²) in [5.74, 6) is 2.51. The highest BCUT2D eigenvalue weighted by Crippen LogP contribution is 2.32. The van der Waals surface area contributed by atoms with Crippen molar-refractivity contribution in [1.29, 1.82) is 0 Å². The molecule has 1 saturated heterocycles. The van der Waals surface area contributed by atoms with E-state index in [1.807, 2.05) is 11.8 Å². The normalized spacial score (nSPS) is 29.3. The monoisotopic (exact) mass is 212 g/mol. The van der Waals surface area contributed by atoms with Gasteiger partial charge in [0.1, 0.15) is 5.78 Å². The number of carbonyl (C=O) groups excluding carboxylic acids is 1. The van der Waals surface area contributed by atoms with Crippen LogP contribution in [0.2, 0.25) is 0 Å². The molecule has 0 aromatic rings. The van der Waals surface area contributed by atoms with Crippen LogP contribution in [0.4, 0.5) is 0 Å². The predicted molar refractivity (Wildman–Crippen MR) is 61.7 cm³/mol. The van der Waals surface area contributed by atoms with E-state index in [2.05, 4.69) is 0 Å². The Morgan fingerprint density at radius 2 is 1.79 bits per heavy atom. The Morgan fingerprint density at radius 3 is 2.43 bits per heavy atom. The maximum absolute atomic E-state index is 11.9. The zero-order valence-electron chi connectivity index (χ0n) is 8.84. The maximum atomic E-state index is 11.9. The molecule has 1 atom stereocenters. The van der Waals surface area contributed by atoms with Crippen LogP contribution in [0.25, 0.3) is 0 Å². The van der Waals surface area contributed by atoms with Crippen molar-refractivity contribution < 1.29 is 4.79 Å². The third-order valence-corrected chi connectivity index (χ3v) is 4.93. The van der Waals surface area contributed by atoms with Gasteiger partial charge in [-0.2, -0.15) is 11.8 Å². The first-order valence-corrected chi connectivity index (χ1v) is 7.05. The molecule has 2 aliphatic rings. The van der Waals surface area contributed by atoms with Crippen molar-refractivity contribution >= 4 is 17.5 Å². The molecule has 0 aromatic heterocycles. The van der Waals surface area contributed by atoms with Crippen LogP contribution in [0.15, 0.2) is 0 Å². The van der Waals surface area contributed by atoms with Crippen molar-refractivity contribution in [2.24, 2.45) is 5.92 Å². The maximum Gasteiger partial charge on any atom is 0.146 e. The van der Waals surface area contributed by atoms with Crippen molar-refractivity contribution in [1.82, 2.24) is 0 Å². The molecule has 0 amide bonds. The molecule has 0 N–H and O–H groups in total. The Morgan fingerprint density at radius 1 is 1.07 bits per heavy atom. The van der Waals surface area contributed by atoms with Gasteiger partial charge in [-0.15, -0.1) is 0 Å². The van der Waals surface area contributed by atoms with Gasteiger partial charge in [-0.05, 0) is 24.5 Å². The van der Waals surface area contributed by atoms with Gasteiger partial charge in [0.05, 0.1) is 5.25 Å². The van der Waals surface area contributed by atoms with Gasteiger partial charge in [0.15, 0.2) is 0 Å². The first-order valence-electron chi connectivity index (χ1n) is 6.00. The second-order valence-electron chi connectivity index (χ2n) is 4.68. The van der Waals surface area contributed by atoms with E-state index in [0.29, 0.717) is 11.0 Å². The van der Waals surface area contributed by atoms with E-state index in [-0.39, 0.29) is 0 Å². The van der Waals surface area contributed by atoms with Gasteiger partial charge in [-0.25, -0.2) is 0 Å². The minimum atomic E-state index is 0.365. The molecule has 80 valence electrons. The van der Waals surface area contributed by atoms with Crippen molar-refractivity contribution in [3.8, 4) is 0 Å². The van der Waals surface area contributed by atoms with Crippen LogP contribution in [0.5, 0.6) is 0 Å². The first-order chi connectivity index (χ1) is 6.86. The number of ketones is 1. The molecule has 14 heavy (non-hydrogen) atoms. The number of rotatable bonds is 3. The lowest BCUT2D eigenvalue weighted by Gasteiger charge is -2.21. The Hall–Kier alpha value is 0.0200. The molecular formula is C12H20OS. The SMILES string of the molecule is O=C(CC1CCCC1)C1CCCCS1. The number of hydrogen-bond donors (Lipinski definition) is 0. The zero-order chi connectivity index (χ0) is 9.80. The Balaban J connectivity index is 1.75. The van der Waals surface area contributed by atoms with Gasteiger partial charge in [0.25, 0.3) is 0 Å². The Kier molecular flexibility index (Phi) is 3.91. The summed E-state index contributed by atoms with van der Waals surface area (Å²) < 4.78 is 0. The smallest absolute Gasteiger partial charge is 0.146 e. The summed E-state index contributed by atoms with van der Waals surface area (Å²) in [5, 5.41) is 0.365. The highest BCUT2D eigenvalue weighted by atomic mass is 32.2. The third-order valence-electron chi connectivity index (χ3n) is 3.50. The molecule has 2 heteroatoms. The minimum absolute atomic E-state index is 0.365. The molecule has 0 radical (unpaired) electrons. The van der Waals surface area contributed by atoms with Crippen LogP contribution in [0, 0.1) is 5.92 Å². The molecule has 1 aliphatic carbocycles. The largest absolute Gasteiger partial charge is 0.298 e. The van der Waals surface area contributed by atoms with E-state index < -0.39 is 0 Å². The molecule has 1 heterocycles. The fourth-order valence-electron chi connectivity index (χ4n) is 2.63. The van der Waals surface area contributed by atoms with Crippen LogP contribution < -0.4 is 0 Å². The standard InChI is InChI=1S/C12H20OS/c13-11(9-10-5-1-2-6-10)12-7-3-4-8-14-12/h10,12H,1-9H2. The van der Waals surface area contributed by atoms with Crippen LogP contribution in [-0.4, -0.2) is 16.8 Å². The van der Waals surface area contributed by atoms with Crippen molar-refractivity contribution in [3.63, 3.8) is 0 Å². The van der Waals surface area contributed by atoms with E-state index in [0.717, 1.165) is 18.8 Å². The summed E-state index contributed by atoms with van der Waals surface area (Å²) >= 11 is 1.91. The second-order valence-corrected chi connectivity index (χ2v) is 5.99. The molecule has 0 bridgehead atoms. The summed E-state index contributed by atoms with van der Waals surface area (Å²) in [6.07, 6.45) is 9.96. The van der Waals surface area contributed by atoms with Gasteiger partial charge < -0.3 is 0 Å². The lowest BCUT2D eigenvalue weighted by molar-refractivity contribution is -0.119.